The van der Waals surface area contributed by atoms with Gasteiger partial charge in [-0.2, -0.15) is 0 Å². The molecule has 7 nitrogen and oxygen atoms in total. The molecule has 0 aromatic heterocycles. The molecule has 18 heavy (non-hydrogen) atoms. The average Bonchev–Trinajstić information content (AvgIpc) is 2.76. The third-order valence-corrected chi connectivity index (χ3v) is 3.07. The first-order valence-electron chi connectivity index (χ1n) is 5.93. The highest BCUT2D eigenvalue weighted by molar-refractivity contribution is 5.80. The molecule has 1 unspecified atom stereocenters. The second-order valence-corrected chi connectivity index (χ2v) is 4.54. The quantitative estimate of drug-likeness (QED) is 0.706. The molecule has 0 spiro atoms. The van der Waals surface area contributed by atoms with E-state index in [4.69, 9.17) is 10.8 Å². The summed E-state index contributed by atoms with van der Waals surface area (Å²) in [5.41, 5.74) is 5.19. The van der Waals surface area contributed by atoms with Crippen LogP contribution in [0.2, 0.25) is 0 Å². The van der Waals surface area contributed by atoms with Crippen LogP contribution < -0.4 is 5.73 Å². The first kappa shape index (κ1) is 14.3. The molecule has 3 amide bonds. The Labute approximate surface area is 106 Å². The number of carbonyl (C=O) groups excluding carboxylic acids is 2. The van der Waals surface area contributed by atoms with Crippen LogP contribution in [0.4, 0.5) is 4.79 Å². The van der Waals surface area contributed by atoms with Crippen molar-refractivity contribution in [3.63, 3.8) is 0 Å². The van der Waals surface area contributed by atoms with Gasteiger partial charge in [-0.15, -0.1) is 0 Å². The summed E-state index contributed by atoms with van der Waals surface area (Å²) in [6.07, 6.45) is 1.07. The van der Waals surface area contributed by atoms with Gasteiger partial charge < -0.3 is 20.6 Å². The molecule has 1 fully saturated rings. The van der Waals surface area contributed by atoms with Gasteiger partial charge in [-0.25, -0.2) is 4.79 Å². The van der Waals surface area contributed by atoms with Crippen molar-refractivity contribution in [3.8, 4) is 0 Å². The molecule has 0 aromatic carbocycles. The SMILES string of the molecule is CN(CCCC(=O)O)C(=O)N1CCC(C(N)=O)C1. The molecule has 3 N–H and O–H groups in total. The topological polar surface area (TPSA) is 104 Å². The highest BCUT2D eigenvalue weighted by atomic mass is 16.4. The fourth-order valence-electron chi connectivity index (χ4n) is 1.97. The molecule has 0 saturated carbocycles. The predicted octanol–water partition coefficient (Wildman–Crippen LogP) is -0.290. The van der Waals surface area contributed by atoms with Crippen molar-refractivity contribution in [2.24, 2.45) is 11.7 Å². The zero-order chi connectivity index (χ0) is 13.7. The standard InChI is InChI=1S/C11H19N3O4/c1-13(5-2-3-9(15)16)11(18)14-6-4-8(7-14)10(12)17/h8H,2-7H2,1H3,(H2,12,17)(H,15,16). The van der Waals surface area contributed by atoms with Crippen LogP contribution in [0.1, 0.15) is 19.3 Å². The molecule has 0 aromatic rings. The van der Waals surface area contributed by atoms with Crippen LogP contribution in [0, 0.1) is 5.92 Å². The zero-order valence-corrected chi connectivity index (χ0v) is 10.5. The Morgan fingerprint density at radius 2 is 2.11 bits per heavy atom. The zero-order valence-electron chi connectivity index (χ0n) is 10.5. The summed E-state index contributed by atoms with van der Waals surface area (Å²) < 4.78 is 0. The van der Waals surface area contributed by atoms with Gasteiger partial charge in [0.15, 0.2) is 0 Å². The van der Waals surface area contributed by atoms with E-state index < -0.39 is 5.97 Å². The van der Waals surface area contributed by atoms with Crippen LogP contribution in [0.25, 0.3) is 0 Å². The van der Waals surface area contributed by atoms with Crippen LogP contribution >= 0.6 is 0 Å². The summed E-state index contributed by atoms with van der Waals surface area (Å²) in [4.78, 5) is 36.4. The molecule has 1 aliphatic heterocycles. The van der Waals surface area contributed by atoms with Crippen molar-refractivity contribution in [1.29, 1.82) is 0 Å². The Kier molecular flexibility index (Phi) is 4.94. The molecule has 1 heterocycles. The smallest absolute Gasteiger partial charge is 0.319 e. The number of likely N-dealkylation sites (tertiary alicyclic amines) is 1. The number of nitrogens with zero attached hydrogens (tertiary/aromatic N) is 2. The number of primary amides is 1. The van der Waals surface area contributed by atoms with Gasteiger partial charge in [0.25, 0.3) is 0 Å². The van der Waals surface area contributed by atoms with Gasteiger partial charge >= 0.3 is 12.0 Å². The van der Waals surface area contributed by atoms with Gasteiger partial charge in [-0.05, 0) is 12.8 Å². The lowest BCUT2D eigenvalue weighted by Crippen LogP contribution is -2.41. The van der Waals surface area contributed by atoms with Gasteiger partial charge in [0.1, 0.15) is 0 Å². The summed E-state index contributed by atoms with van der Waals surface area (Å²) in [7, 11) is 1.63. The number of aliphatic carboxylic acids is 1. The molecular formula is C11H19N3O4. The van der Waals surface area contributed by atoms with Crippen molar-refractivity contribution in [2.75, 3.05) is 26.7 Å². The van der Waals surface area contributed by atoms with Crippen LogP contribution in [0.3, 0.4) is 0 Å². The lowest BCUT2D eigenvalue weighted by Gasteiger charge is -2.24. The minimum absolute atomic E-state index is 0.0432. The molecule has 1 aliphatic rings. The maximum atomic E-state index is 11.9. The highest BCUT2D eigenvalue weighted by Gasteiger charge is 2.30. The number of carboxylic acids is 1. The van der Waals surface area contributed by atoms with Gasteiger partial charge in [-0.3, -0.25) is 9.59 Å². The first-order chi connectivity index (χ1) is 8.41. The number of amides is 3. The van der Waals surface area contributed by atoms with Gasteiger partial charge in [0.2, 0.25) is 5.91 Å². The van der Waals surface area contributed by atoms with Crippen molar-refractivity contribution >= 4 is 17.9 Å². The normalized spacial score (nSPS) is 18.7. The van der Waals surface area contributed by atoms with E-state index in [2.05, 4.69) is 0 Å². The number of urea groups is 1. The van der Waals surface area contributed by atoms with E-state index in [0.29, 0.717) is 32.5 Å². The number of rotatable bonds is 5. The van der Waals surface area contributed by atoms with Crippen molar-refractivity contribution in [1.82, 2.24) is 9.80 Å². The molecule has 1 rings (SSSR count). The predicted molar refractivity (Wildman–Crippen MR) is 63.8 cm³/mol. The number of hydrogen-bond donors (Lipinski definition) is 2. The maximum absolute atomic E-state index is 11.9. The van der Waals surface area contributed by atoms with E-state index in [9.17, 15) is 14.4 Å². The third kappa shape index (κ3) is 3.90. The van der Waals surface area contributed by atoms with Crippen LogP contribution in [0.5, 0.6) is 0 Å². The molecular weight excluding hydrogens is 238 g/mol. The fourth-order valence-corrected chi connectivity index (χ4v) is 1.97. The summed E-state index contributed by atoms with van der Waals surface area (Å²) in [6, 6.07) is -0.177. The fraction of sp³-hybridized carbons (Fsp3) is 0.727. The van der Waals surface area contributed by atoms with Crippen LogP contribution in [-0.4, -0.2) is 59.5 Å². The Hall–Kier alpha value is -1.79. The molecule has 102 valence electrons. The second kappa shape index (κ2) is 6.23. The van der Waals surface area contributed by atoms with Crippen LogP contribution in [-0.2, 0) is 9.59 Å². The number of nitrogens with two attached hydrogens (primary N) is 1. The summed E-state index contributed by atoms with van der Waals surface area (Å²) in [5.74, 6) is -1.51. The summed E-state index contributed by atoms with van der Waals surface area (Å²) >= 11 is 0. The van der Waals surface area contributed by atoms with Crippen LogP contribution in [0.15, 0.2) is 0 Å². The van der Waals surface area contributed by atoms with Crippen molar-refractivity contribution < 1.29 is 19.5 Å². The molecule has 1 atom stereocenters. The van der Waals surface area contributed by atoms with Gasteiger partial charge in [0, 0.05) is 33.1 Å². The average molecular weight is 257 g/mol. The molecule has 7 heteroatoms. The number of hydrogen-bond acceptors (Lipinski definition) is 3. The minimum atomic E-state index is -0.870. The van der Waals surface area contributed by atoms with E-state index in [1.807, 2.05) is 0 Å². The van der Waals surface area contributed by atoms with Crippen molar-refractivity contribution in [3.05, 3.63) is 0 Å². The van der Waals surface area contributed by atoms with E-state index in [1.165, 1.54) is 4.90 Å². The van der Waals surface area contributed by atoms with E-state index >= 15 is 0 Å². The van der Waals surface area contributed by atoms with Gasteiger partial charge in [-0.1, -0.05) is 0 Å². The van der Waals surface area contributed by atoms with E-state index in [1.54, 1.807) is 11.9 Å². The summed E-state index contributed by atoms with van der Waals surface area (Å²) in [5, 5.41) is 8.51. The maximum Gasteiger partial charge on any atom is 0.319 e. The summed E-state index contributed by atoms with van der Waals surface area (Å²) in [6.45, 7) is 1.27. The third-order valence-electron chi connectivity index (χ3n) is 3.07. The first-order valence-corrected chi connectivity index (χ1v) is 5.93. The lowest BCUT2D eigenvalue weighted by atomic mass is 10.1. The Morgan fingerprint density at radius 3 is 2.61 bits per heavy atom. The van der Waals surface area contributed by atoms with E-state index in [-0.39, 0.29) is 24.3 Å². The Morgan fingerprint density at radius 1 is 1.44 bits per heavy atom. The highest BCUT2D eigenvalue weighted by Crippen LogP contribution is 2.17. The molecule has 0 aliphatic carbocycles. The second-order valence-electron chi connectivity index (χ2n) is 4.54. The number of carboxylic acid groups (broad SMARTS) is 1. The van der Waals surface area contributed by atoms with Gasteiger partial charge in [0.05, 0.1) is 5.92 Å². The molecule has 0 bridgehead atoms. The Balaban J connectivity index is 2.36. The van der Waals surface area contributed by atoms with E-state index in [0.717, 1.165) is 0 Å². The Bertz CT molecular complexity index is 345. The molecule has 0 radical (unpaired) electrons. The number of carbonyl (C=O) groups is 3. The lowest BCUT2D eigenvalue weighted by molar-refractivity contribution is -0.137. The minimum Gasteiger partial charge on any atom is -0.481 e. The molecule has 1 saturated heterocycles. The monoisotopic (exact) mass is 257 g/mol. The van der Waals surface area contributed by atoms with Crippen molar-refractivity contribution in [2.45, 2.75) is 19.3 Å². The largest absolute Gasteiger partial charge is 0.481 e.